The van der Waals surface area contributed by atoms with Crippen LogP contribution in [-0.2, 0) is 0 Å². The van der Waals surface area contributed by atoms with Crippen molar-refractivity contribution in [3.8, 4) is 0 Å². The lowest BCUT2D eigenvalue weighted by atomic mass is 9.98. The molecule has 1 unspecified atom stereocenters. The second-order valence-corrected chi connectivity index (χ2v) is 4.38. The maximum atomic E-state index is 11.1. The minimum absolute atomic E-state index is 0.581. The Morgan fingerprint density at radius 3 is 2.67 bits per heavy atom. The molecule has 4 nitrogen and oxygen atoms in total. The standard InChI is InChI=1S/C11H19N3O/c1-9(2)10(3)7-13(4)11-8-14(15)6-5-12-11/h5-6,8-10H,7H2,1-4H3. The van der Waals surface area contributed by atoms with Gasteiger partial charge in [0.05, 0.1) is 6.20 Å². The molecule has 0 saturated heterocycles. The molecule has 0 saturated carbocycles. The summed E-state index contributed by atoms with van der Waals surface area (Å²) in [6.45, 7) is 7.51. The van der Waals surface area contributed by atoms with E-state index in [-0.39, 0.29) is 0 Å². The molecule has 0 amide bonds. The van der Waals surface area contributed by atoms with Gasteiger partial charge in [-0.3, -0.25) is 0 Å². The minimum Gasteiger partial charge on any atom is -0.619 e. The molecule has 0 aliphatic rings. The zero-order chi connectivity index (χ0) is 11.4. The SMILES string of the molecule is CC(C)C(C)CN(C)c1c[n+]([O-])ccn1. The van der Waals surface area contributed by atoms with Crippen LogP contribution in [0.3, 0.4) is 0 Å². The summed E-state index contributed by atoms with van der Waals surface area (Å²) in [6, 6.07) is 0. The minimum atomic E-state index is 0.581. The molecule has 0 N–H and O–H groups in total. The lowest BCUT2D eigenvalue weighted by Crippen LogP contribution is -2.31. The Bertz CT molecular complexity index is 314. The Morgan fingerprint density at radius 1 is 1.47 bits per heavy atom. The van der Waals surface area contributed by atoms with Crippen LogP contribution in [0.2, 0.25) is 0 Å². The van der Waals surface area contributed by atoms with Crippen LogP contribution in [0.25, 0.3) is 0 Å². The number of nitrogens with zero attached hydrogens (tertiary/aromatic N) is 3. The Labute approximate surface area is 91.1 Å². The quantitative estimate of drug-likeness (QED) is 0.556. The normalized spacial score (nSPS) is 12.9. The van der Waals surface area contributed by atoms with Crippen molar-refractivity contribution in [2.45, 2.75) is 20.8 Å². The highest BCUT2D eigenvalue weighted by Crippen LogP contribution is 2.13. The molecule has 0 fully saturated rings. The first-order valence-electron chi connectivity index (χ1n) is 5.26. The van der Waals surface area contributed by atoms with E-state index < -0.39 is 0 Å². The summed E-state index contributed by atoms with van der Waals surface area (Å²) in [7, 11) is 1.96. The van der Waals surface area contributed by atoms with Gasteiger partial charge in [-0.1, -0.05) is 20.8 Å². The van der Waals surface area contributed by atoms with Gasteiger partial charge in [-0.2, -0.15) is 4.73 Å². The summed E-state index contributed by atoms with van der Waals surface area (Å²) in [6.07, 6.45) is 4.41. The van der Waals surface area contributed by atoms with Gasteiger partial charge in [0.25, 0.3) is 0 Å². The molecule has 15 heavy (non-hydrogen) atoms. The number of aromatic nitrogens is 2. The van der Waals surface area contributed by atoms with Crippen molar-refractivity contribution < 1.29 is 4.73 Å². The highest BCUT2D eigenvalue weighted by atomic mass is 16.5. The molecule has 1 aromatic rings. The molecule has 1 heterocycles. The van der Waals surface area contributed by atoms with E-state index in [2.05, 4.69) is 25.8 Å². The predicted molar refractivity (Wildman–Crippen MR) is 60.5 cm³/mol. The maximum absolute atomic E-state index is 11.1. The van der Waals surface area contributed by atoms with Crippen molar-refractivity contribution in [3.05, 3.63) is 23.8 Å². The molecular formula is C11H19N3O. The third-order valence-electron chi connectivity index (χ3n) is 2.75. The summed E-state index contributed by atoms with van der Waals surface area (Å²) in [4.78, 5) is 6.17. The van der Waals surface area contributed by atoms with Gasteiger partial charge in [0.15, 0.2) is 12.0 Å². The van der Waals surface area contributed by atoms with Crippen LogP contribution in [0.5, 0.6) is 0 Å². The predicted octanol–water partition coefficient (Wildman–Crippen LogP) is 1.44. The van der Waals surface area contributed by atoms with Crippen molar-refractivity contribution in [3.63, 3.8) is 0 Å². The van der Waals surface area contributed by atoms with Crippen LogP contribution in [-0.4, -0.2) is 18.6 Å². The van der Waals surface area contributed by atoms with Crippen LogP contribution in [0.15, 0.2) is 18.6 Å². The number of rotatable bonds is 4. The average molecular weight is 209 g/mol. The smallest absolute Gasteiger partial charge is 0.223 e. The van der Waals surface area contributed by atoms with E-state index in [1.54, 1.807) is 0 Å². The monoisotopic (exact) mass is 209 g/mol. The number of hydrogen-bond acceptors (Lipinski definition) is 3. The van der Waals surface area contributed by atoms with Gasteiger partial charge >= 0.3 is 0 Å². The Hall–Kier alpha value is -1.32. The molecule has 0 aliphatic heterocycles. The van der Waals surface area contributed by atoms with Crippen molar-refractivity contribution >= 4 is 5.82 Å². The molecule has 84 valence electrons. The van der Waals surface area contributed by atoms with Crippen molar-refractivity contribution in [1.29, 1.82) is 0 Å². The Kier molecular flexibility index (Phi) is 3.88. The van der Waals surface area contributed by atoms with Crippen LogP contribution in [0.4, 0.5) is 5.82 Å². The largest absolute Gasteiger partial charge is 0.619 e. The Morgan fingerprint density at radius 2 is 2.13 bits per heavy atom. The van der Waals surface area contributed by atoms with Crippen LogP contribution in [0.1, 0.15) is 20.8 Å². The summed E-state index contributed by atoms with van der Waals surface area (Å²) in [5, 5.41) is 11.1. The summed E-state index contributed by atoms with van der Waals surface area (Å²) in [5.74, 6) is 1.94. The molecular weight excluding hydrogens is 190 g/mol. The molecule has 0 bridgehead atoms. The van der Waals surface area contributed by atoms with Crippen LogP contribution in [0, 0.1) is 17.0 Å². The highest BCUT2D eigenvalue weighted by molar-refractivity contribution is 5.31. The van der Waals surface area contributed by atoms with E-state index in [4.69, 9.17) is 0 Å². The van der Waals surface area contributed by atoms with Gasteiger partial charge in [0.1, 0.15) is 0 Å². The molecule has 0 spiro atoms. The highest BCUT2D eigenvalue weighted by Gasteiger charge is 2.12. The number of anilines is 1. The van der Waals surface area contributed by atoms with Crippen LogP contribution >= 0.6 is 0 Å². The first-order chi connectivity index (χ1) is 7.00. The van der Waals surface area contributed by atoms with Gasteiger partial charge in [-0.25, -0.2) is 4.98 Å². The lowest BCUT2D eigenvalue weighted by Gasteiger charge is -2.23. The van der Waals surface area contributed by atoms with Gasteiger partial charge in [-0.05, 0) is 11.8 Å². The molecule has 0 aromatic carbocycles. The van der Waals surface area contributed by atoms with Gasteiger partial charge in [0.2, 0.25) is 6.20 Å². The van der Waals surface area contributed by atoms with Crippen molar-refractivity contribution in [1.82, 2.24) is 4.98 Å². The summed E-state index contributed by atoms with van der Waals surface area (Å²) < 4.78 is 0.777. The summed E-state index contributed by atoms with van der Waals surface area (Å²) >= 11 is 0. The maximum Gasteiger partial charge on any atom is 0.223 e. The third-order valence-corrected chi connectivity index (χ3v) is 2.75. The summed E-state index contributed by atoms with van der Waals surface area (Å²) in [5.41, 5.74) is 0. The molecule has 0 radical (unpaired) electrons. The number of hydrogen-bond donors (Lipinski definition) is 0. The van der Waals surface area contributed by atoms with Gasteiger partial charge in [-0.15, -0.1) is 0 Å². The van der Waals surface area contributed by atoms with E-state index in [0.29, 0.717) is 11.8 Å². The van der Waals surface area contributed by atoms with E-state index >= 15 is 0 Å². The van der Waals surface area contributed by atoms with Crippen LogP contribution < -0.4 is 9.63 Å². The van der Waals surface area contributed by atoms with Gasteiger partial charge < -0.3 is 10.1 Å². The fourth-order valence-corrected chi connectivity index (χ4v) is 1.30. The van der Waals surface area contributed by atoms with Gasteiger partial charge in [0, 0.05) is 13.6 Å². The Balaban J connectivity index is 2.64. The fourth-order valence-electron chi connectivity index (χ4n) is 1.30. The topological polar surface area (TPSA) is 43.1 Å². The fraction of sp³-hybridized carbons (Fsp3) is 0.636. The first kappa shape index (κ1) is 11.8. The third kappa shape index (κ3) is 3.38. The molecule has 1 rings (SSSR count). The average Bonchev–Trinajstić information content (AvgIpc) is 2.17. The molecule has 0 aliphatic carbocycles. The van der Waals surface area contributed by atoms with E-state index in [9.17, 15) is 5.21 Å². The van der Waals surface area contributed by atoms with E-state index in [1.807, 2.05) is 11.9 Å². The molecule has 4 heteroatoms. The second-order valence-electron chi connectivity index (χ2n) is 4.38. The van der Waals surface area contributed by atoms with Crippen molar-refractivity contribution in [2.24, 2.45) is 11.8 Å². The second kappa shape index (κ2) is 4.96. The zero-order valence-electron chi connectivity index (χ0n) is 9.84. The van der Waals surface area contributed by atoms with E-state index in [0.717, 1.165) is 17.1 Å². The van der Waals surface area contributed by atoms with Crippen molar-refractivity contribution in [2.75, 3.05) is 18.5 Å². The first-order valence-corrected chi connectivity index (χ1v) is 5.26. The lowest BCUT2D eigenvalue weighted by molar-refractivity contribution is -0.605. The molecule has 1 atom stereocenters. The van der Waals surface area contributed by atoms with E-state index in [1.165, 1.54) is 18.6 Å². The molecule has 1 aromatic heterocycles. The zero-order valence-corrected chi connectivity index (χ0v) is 9.84.